The van der Waals surface area contributed by atoms with Gasteiger partial charge in [0.2, 0.25) is 10.0 Å². The molecule has 0 unspecified atom stereocenters. The molecule has 0 amide bonds. The van der Waals surface area contributed by atoms with E-state index in [0.717, 1.165) is 31.2 Å². The smallest absolute Gasteiger partial charge is 0.244 e. The van der Waals surface area contributed by atoms with Crippen molar-refractivity contribution < 1.29 is 8.42 Å². The molecule has 0 radical (unpaired) electrons. The van der Waals surface area contributed by atoms with Crippen molar-refractivity contribution in [1.82, 2.24) is 13.8 Å². The van der Waals surface area contributed by atoms with Crippen molar-refractivity contribution >= 4 is 21.6 Å². The summed E-state index contributed by atoms with van der Waals surface area (Å²) in [5, 5.41) is 0. The van der Waals surface area contributed by atoms with Gasteiger partial charge < -0.3 is 9.47 Å². The van der Waals surface area contributed by atoms with E-state index in [1.54, 1.807) is 21.1 Å². The molecule has 1 saturated carbocycles. The summed E-state index contributed by atoms with van der Waals surface area (Å²) in [5.74, 6) is 1.18. The zero-order valence-corrected chi connectivity index (χ0v) is 13.9. The maximum atomic E-state index is 12.7. The van der Waals surface area contributed by atoms with Gasteiger partial charge in [-0.2, -0.15) is 4.31 Å². The van der Waals surface area contributed by atoms with Crippen molar-refractivity contribution in [3.63, 3.8) is 0 Å². The van der Waals surface area contributed by atoms with Crippen molar-refractivity contribution in [3.8, 4) is 0 Å². The Bertz CT molecular complexity index is 602. The van der Waals surface area contributed by atoms with E-state index in [-0.39, 0.29) is 0 Å². The molecule has 118 valence electrons. The molecule has 1 saturated heterocycles. The molecule has 5 nitrogen and oxygen atoms in total. The number of hydrogen-bond donors (Lipinski definition) is 0. The van der Waals surface area contributed by atoms with Crippen molar-refractivity contribution in [1.29, 1.82) is 0 Å². The largest absolute Gasteiger partial charge is 0.352 e. The van der Waals surface area contributed by atoms with E-state index < -0.39 is 10.0 Å². The molecule has 0 aromatic carbocycles. The second kappa shape index (κ2) is 5.91. The summed E-state index contributed by atoms with van der Waals surface area (Å²) in [5.41, 5.74) is 0.822. The van der Waals surface area contributed by atoms with E-state index >= 15 is 0 Å². The Morgan fingerprint density at radius 3 is 2.43 bits per heavy atom. The number of alkyl halides is 1. The molecule has 1 aliphatic carbocycles. The average Bonchev–Trinajstić information content (AvgIpc) is 3.19. The minimum atomic E-state index is -3.38. The Balaban J connectivity index is 1.67. The number of rotatable bonds is 5. The van der Waals surface area contributed by atoms with Gasteiger partial charge in [-0.25, -0.2) is 8.42 Å². The molecule has 0 bridgehead atoms. The molecule has 1 aromatic rings. The SMILES string of the molecule is Cn1cc(S(=O)(=O)N2CCN(CC3CC3)CC2)cc1CCl. The second-order valence-corrected chi connectivity index (χ2v) is 8.26. The van der Waals surface area contributed by atoms with Crippen LogP contribution < -0.4 is 0 Å². The summed E-state index contributed by atoms with van der Waals surface area (Å²) in [6.07, 6.45) is 4.33. The number of aryl methyl sites for hydroxylation is 1. The number of aromatic nitrogens is 1. The molecule has 0 atom stereocenters. The monoisotopic (exact) mass is 331 g/mol. The van der Waals surface area contributed by atoms with Crippen LogP contribution in [0.2, 0.25) is 0 Å². The zero-order chi connectivity index (χ0) is 15.0. The van der Waals surface area contributed by atoms with Crippen LogP contribution in [0.4, 0.5) is 0 Å². The van der Waals surface area contributed by atoms with Crippen LogP contribution in [0.1, 0.15) is 18.5 Å². The fourth-order valence-electron chi connectivity index (χ4n) is 2.82. The molecular weight excluding hydrogens is 310 g/mol. The third-order valence-electron chi connectivity index (χ3n) is 4.40. The minimum Gasteiger partial charge on any atom is -0.352 e. The third kappa shape index (κ3) is 3.28. The number of halogens is 1. The first-order valence-corrected chi connectivity index (χ1v) is 9.42. The van der Waals surface area contributed by atoms with Crippen molar-refractivity contribution in [2.75, 3.05) is 32.7 Å². The van der Waals surface area contributed by atoms with Gasteiger partial charge >= 0.3 is 0 Å². The average molecular weight is 332 g/mol. The van der Waals surface area contributed by atoms with Gasteiger partial charge in [-0.3, -0.25) is 0 Å². The van der Waals surface area contributed by atoms with Gasteiger partial charge in [0.05, 0.1) is 5.88 Å². The summed E-state index contributed by atoms with van der Waals surface area (Å²) in [6, 6.07) is 1.68. The van der Waals surface area contributed by atoms with E-state index in [9.17, 15) is 8.42 Å². The molecule has 2 fully saturated rings. The van der Waals surface area contributed by atoms with Crippen LogP contribution in [0.25, 0.3) is 0 Å². The third-order valence-corrected chi connectivity index (χ3v) is 6.54. The van der Waals surface area contributed by atoms with Crippen molar-refractivity contribution in [2.24, 2.45) is 13.0 Å². The molecule has 21 heavy (non-hydrogen) atoms. The van der Waals surface area contributed by atoms with Crippen LogP contribution in [0.15, 0.2) is 17.2 Å². The first-order valence-electron chi connectivity index (χ1n) is 7.44. The predicted octanol–water partition coefficient (Wildman–Crippen LogP) is 1.48. The lowest BCUT2D eigenvalue weighted by molar-refractivity contribution is 0.182. The molecular formula is C14H22ClN3O2S. The lowest BCUT2D eigenvalue weighted by atomic mass is 10.3. The molecule has 2 heterocycles. The molecule has 2 aliphatic rings. The fourth-order valence-corrected chi connectivity index (χ4v) is 4.60. The summed E-state index contributed by atoms with van der Waals surface area (Å²) < 4.78 is 28.7. The predicted molar refractivity (Wildman–Crippen MR) is 82.9 cm³/mol. The number of sulfonamides is 1. The molecule has 7 heteroatoms. The summed E-state index contributed by atoms with van der Waals surface area (Å²) in [6.45, 7) is 3.98. The maximum absolute atomic E-state index is 12.7. The minimum absolute atomic E-state index is 0.321. The summed E-state index contributed by atoms with van der Waals surface area (Å²) in [7, 11) is -1.56. The van der Waals surface area contributed by atoms with E-state index in [1.165, 1.54) is 12.8 Å². The molecule has 0 spiro atoms. The Morgan fingerprint density at radius 1 is 1.24 bits per heavy atom. The Kier molecular flexibility index (Phi) is 4.32. The molecule has 1 aromatic heterocycles. The van der Waals surface area contributed by atoms with Crippen LogP contribution >= 0.6 is 11.6 Å². The highest BCUT2D eigenvalue weighted by Crippen LogP contribution is 2.30. The first kappa shape index (κ1) is 15.3. The Hall–Kier alpha value is -0.560. The molecule has 1 aliphatic heterocycles. The Morgan fingerprint density at radius 2 is 1.90 bits per heavy atom. The molecule has 3 rings (SSSR count). The van der Waals surface area contributed by atoms with E-state index in [1.807, 2.05) is 7.05 Å². The zero-order valence-electron chi connectivity index (χ0n) is 12.3. The number of hydrogen-bond acceptors (Lipinski definition) is 3. The number of nitrogens with zero attached hydrogens (tertiary/aromatic N) is 3. The van der Waals surface area contributed by atoms with Crippen molar-refractivity contribution in [2.45, 2.75) is 23.6 Å². The maximum Gasteiger partial charge on any atom is 0.244 e. The highest BCUT2D eigenvalue weighted by molar-refractivity contribution is 7.89. The van der Waals surface area contributed by atoms with Crippen LogP contribution in [-0.2, 0) is 23.0 Å². The number of piperazine rings is 1. The molecule has 0 N–H and O–H groups in total. The van der Waals surface area contributed by atoms with E-state index in [2.05, 4.69) is 4.90 Å². The van der Waals surface area contributed by atoms with Gasteiger partial charge in [-0.15, -0.1) is 11.6 Å². The summed E-state index contributed by atoms with van der Waals surface area (Å²) >= 11 is 5.82. The normalized spacial score (nSPS) is 21.8. The van der Waals surface area contributed by atoms with Gasteiger partial charge in [0, 0.05) is 51.7 Å². The van der Waals surface area contributed by atoms with Crippen LogP contribution in [-0.4, -0.2) is 54.9 Å². The second-order valence-electron chi connectivity index (χ2n) is 6.06. The highest BCUT2D eigenvalue weighted by atomic mass is 35.5. The quantitative estimate of drug-likeness (QED) is 0.768. The van der Waals surface area contributed by atoms with Gasteiger partial charge in [0.1, 0.15) is 4.90 Å². The van der Waals surface area contributed by atoms with E-state index in [4.69, 9.17) is 11.6 Å². The summed E-state index contributed by atoms with van der Waals surface area (Å²) in [4.78, 5) is 2.75. The van der Waals surface area contributed by atoms with Gasteiger partial charge in [-0.05, 0) is 24.8 Å². The highest BCUT2D eigenvalue weighted by Gasteiger charge is 2.31. The van der Waals surface area contributed by atoms with Crippen LogP contribution in [0.3, 0.4) is 0 Å². The topological polar surface area (TPSA) is 45.6 Å². The van der Waals surface area contributed by atoms with Gasteiger partial charge in [0.25, 0.3) is 0 Å². The van der Waals surface area contributed by atoms with Gasteiger partial charge in [0.15, 0.2) is 0 Å². The lowest BCUT2D eigenvalue weighted by Gasteiger charge is -2.33. The standard InChI is InChI=1S/C14H22ClN3O2S/c1-16-11-14(8-13(16)9-15)21(19,20)18-6-4-17(5-7-18)10-12-2-3-12/h8,11-12H,2-7,9-10H2,1H3. The Labute approximate surface area is 131 Å². The van der Waals surface area contributed by atoms with Crippen LogP contribution in [0, 0.1) is 5.92 Å². The lowest BCUT2D eigenvalue weighted by Crippen LogP contribution is -2.48. The van der Waals surface area contributed by atoms with Crippen molar-refractivity contribution in [3.05, 3.63) is 18.0 Å². The fraction of sp³-hybridized carbons (Fsp3) is 0.714. The van der Waals surface area contributed by atoms with Crippen LogP contribution in [0.5, 0.6) is 0 Å². The first-order chi connectivity index (χ1) is 10.0. The van der Waals surface area contributed by atoms with E-state index in [0.29, 0.717) is 23.9 Å². The van der Waals surface area contributed by atoms with Gasteiger partial charge in [-0.1, -0.05) is 0 Å².